The van der Waals surface area contributed by atoms with Crippen LogP contribution in [0.4, 0.5) is 4.79 Å². The fourth-order valence-electron chi connectivity index (χ4n) is 3.99. The summed E-state index contributed by atoms with van der Waals surface area (Å²) in [6.07, 6.45) is 5.20. The summed E-state index contributed by atoms with van der Waals surface area (Å²) in [6, 6.07) is 11.2. The Balaban J connectivity index is 1.64. The number of pyridine rings is 1. The molecule has 0 radical (unpaired) electrons. The lowest BCUT2D eigenvalue weighted by Gasteiger charge is -2.47. The first-order valence-corrected chi connectivity index (χ1v) is 9.44. The summed E-state index contributed by atoms with van der Waals surface area (Å²) < 4.78 is 0. The van der Waals surface area contributed by atoms with Crippen molar-refractivity contribution in [1.82, 2.24) is 20.1 Å². The van der Waals surface area contributed by atoms with Crippen LogP contribution < -0.4 is 5.32 Å². The van der Waals surface area contributed by atoms with Gasteiger partial charge in [-0.05, 0) is 49.1 Å². The van der Waals surface area contributed by atoms with Gasteiger partial charge in [0.1, 0.15) is 6.04 Å². The summed E-state index contributed by atoms with van der Waals surface area (Å²) >= 11 is 0. The number of rotatable bonds is 4. The molecule has 2 fully saturated rings. The van der Waals surface area contributed by atoms with E-state index in [4.69, 9.17) is 0 Å². The van der Waals surface area contributed by atoms with Gasteiger partial charge < -0.3 is 10.2 Å². The number of carbonyl (C=O) groups is 2. The van der Waals surface area contributed by atoms with Crippen LogP contribution in [0.1, 0.15) is 29.5 Å². The predicted molar refractivity (Wildman–Crippen MR) is 102 cm³/mol. The summed E-state index contributed by atoms with van der Waals surface area (Å²) in [5.41, 5.74) is 3.12. The number of aromatic nitrogens is 1. The molecule has 2 aliphatic rings. The molecule has 4 rings (SSSR count). The number of hydrogen-bond donors (Lipinski definition) is 1. The van der Waals surface area contributed by atoms with Crippen molar-refractivity contribution >= 4 is 11.9 Å². The average molecular weight is 364 g/mol. The number of urea groups is 1. The van der Waals surface area contributed by atoms with E-state index in [1.54, 1.807) is 12.4 Å². The minimum absolute atomic E-state index is 0.0940. The molecule has 27 heavy (non-hydrogen) atoms. The highest BCUT2D eigenvalue weighted by molar-refractivity contribution is 6.00. The van der Waals surface area contributed by atoms with Crippen molar-refractivity contribution < 1.29 is 9.59 Å². The molecule has 1 aromatic heterocycles. The monoisotopic (exact) mass is 364 g/mol. The fourth-order valence-corrected chi connectivity index (χ4v) is 3.99. The lowest BCUT2D eigenvalue weighted by Crippen LogP contribution is -2.68. The molecule has 140 valence electrons. The second kappa shape index (κ2) is 7.48. The van der Waals surface area contributed by atoms with E-state index in [0.717, 1.165) is 36.1 Å². The van der Waals surface area contributed by atoms with Crippen molar-refractivity contribution in [2.45, 2.75) is 44.9 Å². The zero-order chi connectivity index (χ0) is 18.8. The molecule has 0 bridgehead atoms. The van der Waals surface area contributed by atoms with E-state index in [-0.39, 0.29) is 30.6 Å². The number of hydrogen-bond acceptors (Lipinski definition) is 4. The highest BCUT2D eigenvalue weighted by atomic mass is 16.2. The lowest BCUT2D eigenvalue weighted by atomic mass is 9.92. The van der Waals surface area contributed by atoms with Crippen LogP contribution in [0.3, 0.4) is 0 Å². The molecular weight excluding hydrogens is 340 g/mol. The molecule has 2 aromatic rings. The topological polar surface area (TPSA) is 65.5 Å². The van der Waals surface area contributed by atoms with Gasteiger partial charge in [-0.1, -0.05) is 30.3 Å². The standard InChI is InChI=1S/C21H24N4O2/c1-15-6-2-3-8-17(15)14-24-18-9-5-11-23-19(18)20(26)25(21(24)27)13-16-7-4-10-22-12-16/h2-4,6-8,10,12,18-19,23H,5,9,11,13-14H2,1H3. The third-order valence-corrected chi connectivity index (χ3v) is 5.50. The number of fused-ring (bicyclic) bond motifs is 1. The van der Waals surface area contributed by atoms with E-state index in [1.165, 1.54) is 4.90 Å². The molecular formula is C21H24N4O2. The summed E-state index contributed by atoms with van der Waals surface area (Å²) in [6.45, 7) is 3.63. The number of benzene rings is 1. The normalized spacial score (nSPS) is 22.7. The number of amides is 3. The number of piperidine rings is 1. The van der Waals surface area contributed by atoms with Crippen LogP contribution >= 0.6 is 0 Å². The van der Waals surface area contributed by atoms with Gasteiger partial charge in [0.15, 0.2) is 0 Å². The van der Waals surface area contributed by atoms with Gasteiger partial charge in [0.05, 0.1) is 12.6 Å². The molecule has 6 heteroatoms. The molecule has 0 spiro atoms. The number of imide groups is 1. The summed E-state index contributed by atoms with van der Waals surface area (Å²) in [4.78, 5) is 33.7. The van der Waals surface area contributed by atoms with Crippen LogP contribution in [0.25, 0.3) is 0 Å². The summed E-state index contributed by atoms with van der Waals surface area (Å²) in [5.74, 6) is -0.130. The smallest absolute Gasteiger partial charge is 0.315 e. The van der Waals surface area contributed by atoms with Crippen molar-refractivity contribution in [3.63, 3.8) is 0 Å². The molecule has 0 aliphatic carbocycles. The van der Waals surface area contributed by atoms with E-state index < -0.39 is 0 Å². The van der Waals surface area contributed by atoms with Crippen molar-refractivity contribution in [1.29, 1.82) is 0 Å². The molecule has 0 saturated carbocycles. The Morgan fingerprint density at radius 3 is 2.78 bits per heavy atom. The van der Waals surface area contributed by atoms with Crippen LogP contribution in [-0.4, -0.2) is 45.4 Å². The van der Waals surface area contributed by atoms with Crippen LogP contribution in [0.5, 0.6) is 0 Å². The maximum Gasteiger partial charge on any atom is 0.327 e. The Morgan fingerprint density at radius 1 is 1.15 bits per heavy atom. The minimum Gasteiger partial charge on any atom is -0.315 e. The number of aryl methyl sites for hydroxylation is 1. The quantitative estimate of drug-likeness (QED) is 0.905. The molecule has 1 N–H and O–H groups in total. The van der Waals surface area contributed by atoms with Gasteiger partial charge in [0.25, 0.3) is 0 Å². The first-order valence-electron chi connectivity index (χ1n) is 9.44. The van der Waals surface area contributed by atoms with Crippen LogP contribution in [0.15, 0.2) is 48.8 Å². The van der Waals surface area contributed by atoms with Gasteiger partial charge in [-0.15, -0.1) is 0 Å². The second-order valence-electron chi connectivity index (χ2n) is 7.26. The molecule has 2 atom stereocenters. The van der Waals surface area contributed by atoms with E-state index >= 15 is 0 Å². The van der Waals surface area contributed by atoms with Gasteiger partial charge in [-0.25, -0.2) is 4.79 Å². The average Bonchev–Trinajstić information content (AvgIpc) is 2.70. The zero-order valence-corrected chi connectivity index (χ0v) is 15.5. The van der Waals surface area contributed by atoms with Gasteiger partial charge in [-0.3, -0.25) is 14.7 Å². The molecule has 2 unspecified atom stereocenters. The predicted octanol–water partition coefficient (Wildman–Crippen LogP) is 2.48. The van der Waals surface area contributed by atoms with Crippen molar-refractivity contribution in [3.8, 4) is 0 Å². The largest absolute Gasteiger partial charge is 0.327 e. The van der Waals surface area contributed by atoms with E-state index in [0.29, 0.717) is 6.54 Å². The maximum atomic E-state index is 13.3. The number of nitrogens with one attached hydrogen (secondary N) is 1. The first kappa shape index (κ1) is 17.7. The lowest BCUT2D eigenvalue weighted by molar-refractivity contribution is -0.137. The van der Waals surface area contributed by atoms with Crippen LogP contribution in [-0.2, 0) is 17.9 Å². The van der Waals surface area contributed by atoms with Crippen molar-refractivity contribution in [2.75, 3.05) is 6.54 Å². The molecule has 1 aromatic carbocycles. The highest BCUT2D eigenvalue weighted by Gasteiger charge is 2.47. The highest BCUT2D eigenvalue weighted by Crippen LogP contribution is 2.28. The number of carbonyl (C=O) groups excluding carboxylic acids is 2. The SMILES string of the molecule is Cc1ccccc1CN1C(=O)N(Cc2cccnc2)C(=O)C2NCCCC21. The van der Waals surface area contributed by atoms with E-state index in [1.807, 2.05) is 29.2 Å². The molecule has 3 amide bonds. The van der Waals surface area contributed by atoms with E-state index in [2.05, 4.69) is 29.4 Å². The Hall–Kier alpha value is -2.73. The van der Waals surface area contributed by atoms with Crippen molar-refractivity contribution in [2.24, 2.45) is 0 Å². The Kier molecular flexibility index (Phi) is 4.90. The van der Waals surface area contributed by atoms with Crippen LogP contribution in [0, 0.1) is 6.92 Å². The van der Waals surface area contributed by atoms with Crippen molar-refractivity contribution in [3.05, 3.63) is 65.5 Å². The fraction of sp³-hybridized carbons (Fsp3) is 0.381. The zero-order valence-electron chi connectivity index (χ0n) is 15.5. The van der Waals surface area contributed by atoms with Gasteiger partial charge in [0.2, 0.25) is 5.91 Å². The van der Waals surface area contributed by atoms with Gasteiger partial charge >= 0.3 is 6.03 Å². The minimum atomic E-state index is -0.336. The van der Waals surface area contributed by atoms with Gasteiger partial charge in [-0.2, -0.15) is 0 Å². The second-order valence-corrected chi connectivity index (χ2v) is 7.26. The molecule has 6 nitrogen and oxygen atoms in total. The molecule has 2 aliphatic heterocycles. The molecule has 2 saturated heterocycles. The first-order chi connectivity index (χ1) is 13.1. The Labute approximate surface area is 159 Å². The van der Waals surface area contributed by atoms with E-state index in [9.17, 15) is 9.59 Å². The summed E-state index contributed by atoms with van der Waals surface area (Å²) in [5, 5.41) is 3.34. The van der Waals surface area contributed by atoms with Crippen LogP contribution in [0.2, 0.25) is 0 Å². The molecule has 3 heterocycles. The third kappa shape index (κ3) is 3.45. The summed E-state index contributed by atoms with van der Waals surface area (Å²) in [7, 11) is 0. The number of nitrogens with zero attached hydrogens (tertiary/aromatic N) is 3. The van der Waals surface area contributed by atoms with Gasteiger partial charge in [0, 0.05) is 18.9 Å². The Bertz CT molecular complexity index is 839. The maximum absolute atomic E-state index is 13.3. The Morgan fingerprint density at radius 2 is 2.00 bits per heavy atom. The third-order valence-electron chi connectivity index (χ3n) is 5.50.